The van der Waals surface area contributed by atoms with Gasteiger partial charge in [0.1, 0.15) is 0 Å². The summed E-state index contributed by atoms with van der Waals surface area (Å²) in [7, 11) is 1.59. The Morgan fingerprint density at radius 1 is 1.21 bits per heavy atom. The molecule has 0 aromatic heterocycles. The Morgan fingerprint density at radius 3 is 2.47 bits per heavy atom. The molecule has 0 aliphatic carbocycles. The fourth-order valence-electron chi connectivity index (χ4n) is 2.51. The van der Waals surface area contributed by atoms with Crippen molar-refractivity contribution in [2.24, 2.45) is 5.92 Å². The zero-order valence-corrected chi connectivity index (χ0v) is 13.3. The van der Waals surface area contributed by atoms with E-state index in [9.17, 15) is 9.59 Å². The quantitative estimate of drug-likeness (QED) is 0.481. The number of unbranched alkanes of at least 4 members (excludes halogenated alkanes) is 2. The van der Waals surface area contributed by atoms with E-state index in [-0.39, 0.29) is 17.1 Å². The van der Waals surface area contributed by atoms with Crippen LogP contribution in [0.25, 0.3) is 0 Å². The summed E-state index contributed by atoms with van der Waals surface area (Å²) < 4.78 is 0. The zero-order valence-electron chi connectivity index (χ0n) is 12.5. The SMILES string of the molecule is CCCCCC(CCC)CSC1CC(=O)N(C)C1=O. The highest BCUT2D eigenvalue weighted by Crippen LogP contribution is 2.28. The van der Waals surface area contributed by atoms with Gasteiger partial charge in [-0.3, -0.25) is 14.5 Å². The number of carbonyl (C=O) groups excluding carboxylic acids is 2. The van der Waals surface area contributed by atoms with Gasteiger partial charge in [0.25, 0.3) is 0 Å². The summed E-state index contributed by atoms with van der Waals surface area (Å²) in [6, 6.07) is 0. The second-order valence-electron chi connectivity index (χ2n) is 5.47. The number of nitrogens with zero attached hydrogens (tertiary/aromatic N) is 1. The number of hydrogen-bond acceptors (Lipinski definition) is 3. The molecule has 0 spiro atoms. The lowest BCUT2D eigenvalue weighted by Crippen LogP contribution is -2.27. The van der Waals surface area contributed by atoms with Gasteiger partial charge < -0.3 is 0 Å². The second kappa shape index (κ2) is 8.62. The third kappa shape index (κ3) is 5.17. The molecule has 1 aliphatic rings. The fraction of sp³-hybridized carbons (Fsp3) is 0.867. The van der Waals surface area contributed by atoms with E-state index >= 15 is 0 Å². The summed E-state index contributed by atoms with van der Waals surface area (Å²) in [5.74, 6) is 1.70. The topological polar surface area (TPSA) is 37.4 Å². The molecule has 1 saturated heterocycles. The fourth-order valence-corrected chi connectivity index (χ4v) is 3.91. The third-order valence-corrected chi connectivity index (χ3v) is 5.22. The molecule has 110 valence electrons. The van der Waals surface area contributed by atoms with Gasteiger partial charge in [-0.25, -0.2) is 0 Å². The maximum absolute atomic E-state index is 11.8. The normalized spacial score (nSPS) is 21.2. The molecular formula is C15H27NO2S. The number of likely N-dealkylation sites (tertiary alicyclic amines) is 1. The predicted octanol–water partition coefficient (Wildman–Crippen LogP) is 3.47. The molecule has 0 aromatic rings. The van der Waals surface area contributed by atoms with E-state index in [0.29, 0.717) is 12.3 Å². The maximum Gasteiger partial charge on any atom is 0.242 e. The van der Waals surface area contributed by atoms with Gasteiger partial charge in [-0.1, -0.05) is 39.5 Å². The first-order chi connectivity index (χ1) is 9.10. The van der Waals surface area contributed by atoms with Gasteiger partial charge in [-0.15, -0.1) is 11.8 Å². The molecule has 4 heteroatoms. The molecule has 0 bridgehead atoms. The molecule has 3 nitrogen and oxygen atoms in total. The minimum absolute atomic E-state index is 0.00110. The van der Waals surface area contributed by atoms with Crippen molar-refractivity contribution in [1.82, 2.24) is 4.90 Å². The van der Waals surface area contributed by atoms with Gasteiger partial charge in [0, 0.05) is 13.5 Å². The van der Waals surface area contributed by atoms with Gasteiger partial charge in [0.2, 0.25) is 11.8 Å². The van der Waals surface area contributed by atoms with Gasteiger partial charge in [-0.05, 0) is 24.5 Å². The lowest BCUT2D eigenvalue weighted by atomic mass is 9.98. The monoisotopic (exact) mass is 285 g/mol. The number of carbonyl (C=O) groups is 2. The molecular weight excluding hydrogens is 258 g/mol. The Hall–Kier alpha value is -0.510. The lowest BCUT2D eigenvalue weighted by molar-refractivity contribution is -0.136. The van der Waals surface area contributed by atoms with Crippen LogP contribution in [-0.4, -0.2) is 34.8 Å². The Morgan fingerprint density at radius 2 is 1.95 bits per heavy atom. The third-order valence-electron chi connectivity index (χ3n) is 3.79. The van der Waals surface area contributed by atoms with E-state index in [1.807, 2.05) is 0 Å². The molecule has 2 atom stereocenters. The van der Waals surface area contributed by atoms with E-state index in [4.69, 9.17) is 0 Å². The van der Waals surface area contributed by atoms with Crippen molar-refractivity contribution < 1.29 is 9.59 Å². The van der Waals surface area contributed by atoms with Crippen LogP contribution < -0.4 is 0 Å². The first-order valence-electron chi connectivity index (χ1n) is 7.52. The molecule has 0 saturated carbocycles. The average molecular weight is 285 g/mol. The minimum atomic E-state index is -0.122. The number of thioether (sulfide) groups is 1. The number of hydrogen-bond donors (Lipinski definition) is 0. The van der Waals surface area contributed by atoms with Gasteiger partial charge in [0.15, 0.2) is 0 Å². The molecule has 1 aliphatic heterocycles. The zero-order chi connectivity index (χ0) is 14.3. The van der Waals surface area contributed by atoms with Crippen molar-refractivity contribution in [2.45, 2.75) is 64.0 Å². The molecule has 1 fully saturated rings. The van der Waals surface area contributed by atoms with Crippen LogP contribution in [0.3, 0.4) is 0 Å². The molecule has 1 heterocycles. The first-order valence-corrected chi connectivity index (χ1v) is 8.57. The molecule has 2 unspecified atom stereocenters. The smallest absolute Gasteiger partial charge is 0.242 e. The highest BCUT2D eigenvalue weighted by Gasteiger charge is 2.36. The van der Waals surface area contributed by atoms with E-state index < -0.39 is 0 Å². The van der Waals surface area contributed by atoms with Crippen LogP contribution >= 0.6 is 11.8 Å². The summed E-state index contributed by atoms with van der Waals surface area (Å²) in [6.45, 7) is 4.44. The maximum atomic E-state index is 11.8. The van der Waals surface area contributed by atoms with Crippen molar-refractivity contribution in [3.8, 4) is 0 Å². The number of rotatable bonds is 9. The molecule has 2 amide bonds. The summed E-state index contributed by atoms with van der Waals surface area (Å²) in [4.78, 5) is 24.6. The van der Waals surface area contributed by atoms with Crippen molar-refractivity contribution in [2.75, 3.05) is 12.8 Å². The first kappa shape index (κ1) is 16.5. The van der Waals surface area contributed by atoms with Gasteiger partial charge in [-0.2, -0.15) is 0 Å². The van der Waals surface area contributed by atoms with E-state index in [0.717, 1.165) is 5.75 Å². The predicted molar refractivity (Wildman–Crippen MR) is 81.2 cm³/mol. The highest BCUT2D eigenvalue weighted by molar-refractivity contribution is 8.00. The summed E-state index contributed by atoms with van der Waals surface area (Å²) >= 11 is 1.69. The van der Waals surface area contributed by atoms with Crippen molar-refractivity contribution in [3.63, 3.8) is 0 Å². The van der Waals surface area contributed by atoms with Crippen LogP contribution in [0.5, 0.6) is 0 Å². The van der Waals surface area contributed by atoms with Crippen LogP contribution in [0.2, 0.25) is 0 Å². The Kier molecular flexibility index (Phi) is 7.51. The van der Waals surface area contributed by atoms with Crippen LogP contribution in [-0.2, 0) is 9.59 Å². The Balaban J connectivity index is 2.34. The molecule has 0 N–H and O–H groups in total. The lowest BCUT2D eigenvalue weighted by Gasteiger charge is -2.17. The van der Waals surface area contributed by atoms with Gasteiger partial charge in [0.05, 0.1) is 5.25 Å². The minimum Gasteiger partial charge on any atom is -0.285 e. The standard InChI is InChI=1S/C15H27NO2S/c1-4-6-7-9-12(8-5-2)11-19-13-10-14(17)16(3)15(13)18/h12-13H,4-11H2,1-3H3. The summed E-state index contributed by atoms with van der Waals surface area (Å²) in [5.41, 5.74) is 0. The van der Waals surface area contributed by atoms with Gasteiger partial charge >= 0.3 is 0 Å². The van der Waals surface area contributed by atoms with E-state index in [2.05, 4.69) is 13.8 Å². The van der Waals surface area contributed by atoms with Crippen LogP contribution in [0.15, 0.2) is 0 Å². The summed E-state index contributed by atoms with van der Waals surface area (Å²) in [6.07, 6.45) is 7.95. The van der Waals surface area contributed by atoms with Crippen LogP contribution in [0.1, 0.15) is 58.8 Å². The highest BCUT2D eigenvalue weighted by atomic mass is 32.2. The number of imide groups is 1. The molecule has 19 heavy (non-hydrogen) atoms. The van der Waals surface area contributed by atoms with Crippen molar-refractivity contribution in [1.29, 1.82) is 0 Å². The average Bonchev–Trinajstić information content (AvgIpc) is 2.64. The number of amides is 2. The van der Waals surface area contributed by atoms with Crippen molar-refractivity contribution in [3.05, 3.63) is 0 Å². The second-order valence-corrected chi connectivity index (χ2v) is 6.70. The Bertz CT molecular complexity index is 307. The van der Waals surface area contributed by atoms with E-state index in [1.165, 1.54) is 43.4 Å². The molecule has 0 radical (unpaired) electrons. The van der Waals surface area contributed by atoms with E-state index in [1.54, 1.807) is 18.8 Å². The molecule has 1 rings (SSSR count). The largest absolute Gasteiger partial charge is 0.285 e. The van der Waals surface area contributed by atoms with Crippen LogP contribution in [0.4, 0.5) is 0 Å². The Labute approximate surface area is 121 Å². The van der Waals surface area contributed by atoms with Crippen LogP contribution in [0, 0.1) is 5.92 Å². The molecule has 0 aromatic carbocycles. The van der Waals surface area contributed by atoms with Crippen molar-refractivity contribution >= 4 is 23.6 Å². The summed E-state index contributed by atoms with van der Waals surface area (Å²) in [5, 5.41) is -0.122.